The molecule has 1 heterocycles. The summed E-state index contributed by atoms with van der Waals surface area (Å²) in [6.07, 6.45) is 2.16. The van der Waals surface area contributed by atoms with E-state index < -0.39 is 0 Å². The molecule has 2 rings (SSSR count). The minimum Gasteiger partial charge on any atom is -0.392 e. The molecule has 8 heteroatoms. The molecule has 0 atom stereocenters. The van der Waals surface area contributed by atoms with Crippen LogP contribution in [0.15, 0.2) is 30.5 Å². The second-order valence-electron chi connectivity index (χ2n) is 4.31. The quantitative estimate of drug-likeness (QED) is 0.604. The Morgan fingerprint density at radius 2 is 2.10 bits per heavy atom. The fourth-order valence-electron chi connectivity index (χ4n) is 1.68. The largest absolute Gasteiger partial charge is 0.392 e. The zero-order valence-corrected chi connectivity index (χ0v) is 11.2. The SMILES string of the molecule is O=CNCc1cn(CC(=O)Nc2ccc(CO)cc2)nn1. The van der Waals surface area contributed by atoms with Gasteiger partial charge in [-0.3, -0.25) is 9.59 Å². The third-order valence-electron chi connectivity index (χ3n) is 2.68. The van der Waals surface area contributed by atoms with Gasteiger partial charge in [-0.05, 0) is 17.7 Å². The first kappa shape index (κ1) is 14.7. The van der Waals surface area contributed by atoms with Gasteiger partial charge in [0.2, 0.25) is 12.3 Å². The Kier molecular flexibility index (Phi) is 4.99. The van der Waals surface area contributed by atoms with Crippen molar-refractivity contribution in [2.75, 3.05) is 5.32 Å². The second-order valence-corrected chi connectivity index (χ2v) is 4.31. The summed E-state index contributed by atoms with van der Waals surface area (Å²) in [5, 5.41) is 21.7. The highest BCUT2D eigenvalue weighted by atomic mass is 16.3. The number of anilines is 1. The molecule has 0 saturated heterocycles. The summed E-state index contributed by atoms with van der Waals surface area (Å²) in [7, 11) is 0. The maximum atomic E-state index is 11.8. The molecule has 8 nitrogen and oxygen atoms in total. The summed E-state index contributed by atoms with van der Waals surface area (Å²) in [5.41, 5.74) is 1.99. The zero-order valence-electron chi connectivity index (χ0n) is 11.2. The van der Waals surface area contributed by atoms with Crippen LogP contribution in [0.4, 0.5) is 5.69 Å². The van der Waals surface area contributed by atoms with Crippen LogP contribution in [0.2, 0.25) is 0 Å². The molecule has 0 aliphatic heterocycles. The molecule has 2 amide bonds. The fraction of sp³-hybridized carbons (Fsp3) is 0.231. The molecule has 0 radical (unpaired) electrons. The van der Waals surface area contributed by atoms with Gasteiger partial charge < -0.3 is 15.7 Å². The standard InChI is InChI=1S/C13H15N5O3/c19-8-10-1-3-11(4-2-10)15-13(21)7-18-6-12(16-17-18)5-14-9-20/h1-4,6,9,19H,5,7-8H2,(H,14,20)(H,15,21). The molecule has 3 N–H and O–H groups in total. The van der Waals surface area contributed by atoms with E-state index in [2.05, 4.69) is 20.9 Å². The Bertz CT molecular complexity index is 609. The number of benzene rings is 1. The first-order valence-corrected chi connectivity index (χ1v) is 6.27. The molecule has 0 spiro atoms. The van der Waals surface area contributed by atoms with Crippen molar-refractivity contribution in [3.05, 3.63) is 41.7 Å². The van der Waals surface area contributed by atoms with Gasteiger partial charge in [-0.1, -0.05) is 17.3 Å². The number of carbonyl (C=O) groups excluding carboxylic acids is 2. The zero-order chi connectivity index (χ0) is 15.1. The summed E-state index contributed by atoms with van der Waals surface area (Å²) in [4.78, 5) is 22.0. The lowest BCUT2D eigenvalue weighted by molar-refractivity contribution is -0.117. The number of carbonyl (C=O) groups is 2. The van der Waals surface area contributed by atoms with Crippen LogP contribution in [-0.4, -0.2) is 32.4 Å². The van der Waals surface area contributed by atoms with Crippen molar-refractivity contribution in [3.8, 4) is 0 Å². The van der Waals surface area contributed by atoms with E-state index in [-0.39, 0.29) is 25.6 Å². The maximum absolute atomic E-state index is 11.8. The van der Waals surface area contributed by atoms with Crippen molar-refractivity contribution >= 4 is 18.0 Å². The van der Waals surface area contributed by atoms with Crippen molar-refractivity contribution in [2.24, 2.45) is 0 Å². The van der Waals surface area contributed by atoms with E-state index in [1.807, 2.05) is 0 Å². The van der Waals surface area contributed by atoms with Crippen LogP contribution in [0.5, 0.6) is 0 Å². The van der Waals surface area contributed by atoms with E-state index in [0.717, 1.165) is 5.56 Å². The highest BCUT2D eigenvalue weighted by Gasteiger charge is 2.06. The van der Waals surface area contributed by atoms with Crippen LogP contribution in [0.25, 0.3) is 0 Å². The lowest BCUT2D eigenvalue weighted by atomic mass is 10.2. The van der Waals surface area contributed by atoms with Crippen molar-refractivity contribution in [1.82, 2.24) is 20.3 Å². The number of nitrogens with zero attached hydrogens (tertiary/aromatic N) is 3. The smallest absolute Gasteiger partial charge is 0.246 e. The van der Waals surface area contributed by atoms with Gasteiger partial charge in [-0.25, -0.2) is 4.68 Å². The fourth-order valence-corrected chi connectivity index (χ4v) is 1.68. The van der Waals surface area contributed by atoms with E-state index in [0.29, 0.717) is 17.8 Å². The van der Waals surface area contributed by atoms with Crippen LogP contribution in [-0.2, 0) is 29.3 Å². The van der Waals surface area contributed by atoms with Crippen LogP contribution in [0.1, 0.15) is 11.3 Å². The average molecular weight is 289 g/mol. The molecule has 0 fully saturated rings. The Morgan fingerprint density at radius 1 is 1.33 bits per heavy atom. The number of aromatic nitrogens is 3. The number of aliphatic hydroxyl groups excluding tert-OH is 1. The highest BCUT2D eigenvalue weighted by molar-refractivity contribution is 5.90. The molecular formula is C13H15N5O3. The number of amides is 2. The first-order chi connectivity index (χ1) is 10.2. The summed E-state index contributed by atoms with van der Waals surface area (Å²) >= 11 is 0. The number of rotatable bonds is 7. The molecule has 21 heavy (non-hydrogen) atoms. The molecule has 0 saturated carbocycles. The molecule has 1 aromatic carbocycles. The van der Waals surface area contributed by atoms with Crippen LogP contribution in [0.3, 0.4) is 0 Å². The lowest BCUT2D eigenvalue weighted by Crippen LogP contribution is -2.19. The predicted octanol–water partition coefficient (Wildman–Crippen LogP) is -0.345. The Labute approximate surface area is 120 Å². The number of nitrogens with one attached hydrogen (secondary N) is 2. The van der Waals surface area contributed by atoms with Crippen LogP contribution >= 0.6 is 0 Å². The van der Waals surface area contributed by atoms with Gasteiger partial charge in [-0.15, -0.1) is 5.10 Å². The van der Waals surface area contributed by atoms with E-state index in [1.165, 1.54) is 4.68 Å². The molecule has 110 valence electrons. The van der Waals surface area contributed by atoms with Crippen molar-refractivity contribution in [2.45, 2.75) is 19.7 Å². The monoisotopic (exact) mass is 289 g/mol. The van der Waals surface area contributed by atoms with Gasteiger partial charge in [0.05, 0.1) is 19.3 Å². The Balaban J connectivity index is 1.88. The average Bonchev–Trinajstić information content (AvgIpc) is 2.93. The lowest BCUT2D eigenvalue weighted by Gasteiger charge is -2.05. The number of aliphatic hydroxyl groups is 1. The van der Waals surface area contributed by atoms with Crippen molar-refractivity contribution in [3.63, 3.8) is 0 Å². The topological polar surface area (TPSA) is 109 Å². The van der Waals surface area contributed by atoms with Gasteiger partial charge in [0.15, 0.2) is 0 Å². The summed E-state index contributed by atoms with van der Waals surface area (Å²) < 4.78 is 1.39. The summed E-state index contributed by atoms with van der Waals surface area (Å²) in [5.74, 6) is -0.244. The first-order valence-electron chi connectivity index (χ1n) is 6.27. The van der Waals surface area contributed by atoms with E-state index >= 15 is 0 Å². The molecule has 0 unspecified atom stereocenters. The third-order valence-corrected chi connectivity index (χ3v) is 2.68. The third kappa shape index (κ3) is 4.39. The molecule has 0 aliphatic rings. The number of hydrogen-bond acceptors (Lipinski definition) is 5. The number of hydrogen-bond donors (Lipinski definition) is 3. The summed E-state index contributed by atoms with van der Waals surface area (Å²) in [6.45, 7) is 0.258. The summed E-state index contributed by atoms with van der Waals surface area (Å²) in [6, 6.07) is 6.89. The highest BCUT2D eigenvalue weighted by Crippen LogP contribution is 2.09. The Morgan fingerprint density at radius 3 is 2.76 bits per heavy atom. The molecule has 1 aromatic heterocycles. The molecular weight excluding hydrogens is 274 g/mol. The molecule has 2 aromatic rings. The van der Waals surface area contributed by atoms with Gasteiger partial charge in [0.1, 0.15) is 12.2 Å². The van der Waals surface area contributed by atoms with E-state index in [1.54, 1.807) is 30.5 Å². The molecule has 0 bridgehead atoms. The van der Waals surface area contributed by atoms with Gasteiger partial charge in [0.25, 0.3) is 0 Å². The second kappa shape index (κ2) is 7.15. The predicted molar refractivity (Wildman–Crippen MR) is 73.9 cm³/mol. The van der Waals surface area contributed by atoms with Crippen molar-refractivity contribution < 1.29 is 14.7 Å². The van der Waals surface area contributed by atoms with Crippen molar-refractivity contribution in [1.29, 1.82) is 0 Å². The van der Waals surface area contributed by atoms with Gasteiger partial charge in [-0.2, -0.15) is 0 Å². The van der Waals surface area contributed by atoms with E-state index in [9.17, 15) is 9.59 Å². The van der Waals surface area contributed by atoms with Gasteiger partial charge in [0, 0.05) is 5.69 Å². The maximum Gasteiger partial charge on any atom is 0.246 e. The molecule has 0 aliphatic carbocycles. The minimum atomic E-state index is -0.244. The normalized spacial score (nSPS) is 10.1. The van der Waals surface area contributed by atoms with Crippen LogP contribution < -0.4 is 10.6 Å². The van der Waals surface area contributed by atoms with Gasteiger partial charge >= 0.3 is 0 Å². The van der Waals surface area contributed by atoms with Crippen LogP contribution in [0, 0.1) is 0 Å². The van der Waals surface area contributed by atoms with E-state index in [4.69, 9.17) is 5.11 Å². The minimum absolute atomic E-state index is 0.0237. The Hall–Kier alpha value is -2.74.